The van der Waals surface area contributed by atoms with Gasteiger partial charge < -0.3 is 15.8 Å². The van der Waals surface area contributed by atoms with E-state index in [0.717, 1.165) is 17.7 Å². The van der Waals surface area contributed by atoms with Gasteiger partial charge in [-0.2, -0.15) is 0 Å². The highest BCUT2D eigenvalue weighted by molar-refractivity contribution is 5.07. The highest BCUT2D eigenvalue weighted by Crippen LogP contribution is 2.38. The molecule has 4 unspecified atom stereocenters. The molecule has 4 N–H and O–H groups in total. The molecular formula is C21H42N5O+. The molecule has 6 heteroatoms. The maximum Gasteiger partial charge on any atom is 0.209 e. The molecule has 3 heterocycles. The van der Waals surface area contributed by atoms with Gasteiger partial charge in [0.1, 0.15) is 0 Å². The van der Waals surface area contributed by atoms with Crippen molar-refractivity contribution in [2.45, 2.75) is 82.3 Å². The summed E-state index contributed by atoms with van der Waals surface area (Å²) in [7, 11) is 4.39. The van der Waals surface area contributed by atoms with Crippen LogP contribution in [0.2, 0.25) is 0 Å². The third kappa shape index (κ3) is 3.94. The summed E-state index contributed by atoms with van der Waals surface area (Å²) in [6.45, 7) is 6.63. The first-order valence-corrected chi connectivity index (χ1v) is 11.4. The number of ether oxygens (including phenoxy) is 1. The van der Waals surface area contributed by atoms with Crippen molar-refractivity contribution in [3.8, 4) is 0 Å². The zero-order chi connectivity index (χ0) is 19.1. The maximum absolute atomic E-state index is 7.18. The van der Waals surface area contributed by atoms with Crippen LogP contribution in [0.25, 0.3) is 0 Å². The normalized spacial score (nSPS) is 42.4. The lowest BCUT2D eigenvalue weighted by Gasteiger charge is -2.53. The van der Waals surface area contributed by atoms with Gasteiger partial charge in [0.05, 0.1) is 14.1 Å². The Morgan fingerprint density at radius 2 is 1.74 bits per heavy atom. The van der Waals surface area contributed by atoms with Crippen LogP contribution in [0.3, 0.4) is 0 Å². The van der Waals surface area contributed by atoms with E-state index >= 15 is 0 Å². The van der Waals surface area contributed by atoms with Crippen LogP contribution < -0.4 is 16.5 Å². The molecule has 0 aromatic rings. The number of quaternary nitrogens is 1. The van der Waals surface area contributed by atoms with Gasteiger partial charge in [0.2, 0.25) is 6.23 Å². The number of hydrogen-bond donors (Lipinski definition) is 3. The first kappa shape index (κ1) is 20.0. The fourth-order valence-corrected chi connectivity index (χ4v) is 6.09. The molecule has 0 spiro atoms. The van der Waals surface area contributed by atoms with E-state index in [2.05, 4.69) is 36.7 Å². The van der Waals surface area contributed by atoms with Crippen molar-refractivity contribution in [3.63, 3.8) is 0 Å². The molecule has 156 valence electrons. The van der Waals surface area contributed by atoms with Gasteiger partial charge >= 0.3 is 0 Å². The zero-order valence-electron chi connectivity index (χ0n) is 17.8. The van der Waals surface area contributed by atoms with E-state index in [-0.39, 0.29) is 18.0 Å². The van der Waals surface area contributed by atoms with E-state index in [1.54, 1.807) is 0 Å². The number of piperidine rings is 2. The Bertz CT molecular complexity index is 501. The Morgan fingerprint density at radius 1 is 1.04 bits per heavy atom. The third-order valence-electron chi connectivity index (χ3n) is 8.17. The van der Waals surface area contributed by atoms with Gasteiger partial charge in [-0.25, -0.2) is 4.59 Å². The van der Waals surface area contributed by atoms with Crippen LogP contribution in [0, 0.1) is 11.8 Å². The van der Waals surface area contributed by atoms with Crippen LogP contribution >= 0.6 is 0 Å². The molecule has 1 saturated carbocycles. The standard InChI is InChI=1S/C21H42N5O/c1-16-26(2,3)24-20(27-16)17-10-13-25(14-11-17)19-9-12-23-15-21(19,22)18-7-5-4-6-8-18/h16-20,23-24H,4-15,22H2,1-3H3/q+1. The maximum atomic E-state index is 7.18. The average Bonchev–Trinajstić information content (AvgIpc) is 2.96. The van der Waals surface area contributed by atoms with Crippen LogP contribution in [0.1, 0.15) is 58.3 Å². The van der Waals surface area contributed by atoms with Crippen molar-refractivity contribution in [2.24, 2.45) is 17.6 Å². The molecule has 4 atom stereocenters. The third-order valence-corrected chi connectivity index (χ3v) is 8.17. The lowest BCUT2D eigenvalue weighted by Crippen LogP contribution is -2.71. The Balaban J connectivity index is 1.38. The van der Waals surface area contributed by atoms with E-state index in [1.165, 1.54) is 64.5 Å². The minimum absolute atomic E-state index is 0.0407. The van der Waals surface area contributed by atoms with Gasteiger partial charge in [0.15, 0.2) is 6.23 Å². The lowest BCUT2D eigenvalue weighted by molar-refractivity contribution is -0.952. The summed E-state index contributed by atoms with van der Waals surface area (Å²) in [5.41, 5.74) is 10.8. The molecule has 0 aromatic heterocycles. The van der Waals surface area contributed by atoms with Gasteiger partial charge in [-0.1, -0.05) is 19.3 Å². The van der Waals surface area contributed by atoms with Crippen molar-refractivity contribution in [3.05, 3.63) is 0 Å². The molecule has 0 aromatic carbocycles. The predicted octanol–water partition coefficient (Wildman–Crippen LogP) is 1.62. The van der Waals surface area contributed by atoms with Crippen molar-refractivity contribution < 1.29 is 9.33 Å². The fraction of sp³-hybridized carbons (Fsp3) is 1.00. The van der Waals surface area contributed by atoms with Crippen molar-refractivity contribution in [1.82, 2.24) is 15.6 Å². The topological polar surface area (TPSA) is 62.5 Å². The molecule has 0 amide bonds. The van der Waals surface area contributed by atoms with Crippen molar-refractivity contribution >= 4 is 0 Å². The number of rotatable bonds is 3. The Kier molecular flexibility index (Phi) is 5.85. The highest BCUT2D eigenvalue weighted by atomic mass is 16.6. The summed E-state index contributed by atoms with van der Waals surface area (Å²) in [5.74, 6) is 1.31. The highest BCUT2D eigenvalue weighted by Gasteiger charge is 2.48. The van der Waals surface area contributed by atoms with E-state index in [9.17, 15) is 0 Å². The van der Waals surface area contributed by atoms with Crippen LogP contribution in [0.4, 0.5) is 0 Å². The van der Waals surface area contributed by atoms with Crippen LogP contribution in [-0.4, -0.2) is 73.8 Å². The monoisotopic (exact) mass is 380 g/mol. The number of nitrogens with one attached hydrogen (secondary N) is 2. The van der Waals surface area contributed by atoms with Gasteiger partial charge in [0, 0.05) is 31.0 Å². The van der Waals surface area contributed by atoms with E-state index < -0.39 is 0 Å². The summed E-state index contributed by atoms with van der Waals surface area (Å²) in [4.78, 5) is 2.74. The molecule has 3 aliphatic heterocycles. The van der Waals surface area contributed by atoms with E-state index in [4.69, 9.17) is 10.5 Å². The number of nitrogens with zero attached hydrogens (tertiary/aromatic N) is 2. The summed E-state index contributed by atoms with van der Waals surface area (Å²) < 4.78 is 7.00. The SMILES string of the molecule is CC1OC(C2CCN(C3CCNCC3(N)C3CCCCC3)CC2)N[N+]1(C)C. The summed E-state index contributed by atoms with van der Waals surface area (Å²) in [5, 5.41) is 3.63. The van der Waals surface area contributed by atoms with Gasteiger partial charge in [-0.05, 0) is 57.7 Å². The predicted molar refractivity (Wildman–Crippen MR) is 109 cm³/mol. The average molecular weight is 381 g/mol. The summed E-state index contributed by atoms with van der Waals surface area (Å²) >= 11 is 0. The van der Waals surface area contributed by atoms with Crippen molar-refractivity contribution in [2.75, 3.05) is 40.3 Å². The quantitative estimate of drug-likeness (QED) is 0.650. The smallest absolute Gasteiger partial charge is 0.209 e. The van der Waals surface area contributed by atoms with Crippen LogP contribution in [0.5, 0.6) is 0 Å². The Morgan fingerprint density at radius 3 is 2.37 bits per heavy atom. The fourth-order valence-electron chi connectivity index (χ4n) is 6.09. The molecule has 6 nitrogen and oxygen atoms in total. The number of nitrogens with two attached hydrogens (primary N) is 1. The minimum atomic E-state index is -0.0407. The molecule has 1 aliphatic carbocycles. The number of hydrogen-bond acceptors (Lipinski definition) is 5. The molecule has 3 saturated heterocycles. The lowest BCUT2D eigenvalue weighted by atomic mass is 9.68. The minimum Gasteiger partial charge on any atom is -0.322 e. The second kappa shape index (κ2) is 7.88. The Labute approximate surface area is 165 Å². The molecule has 4 aliphatic rings. The first-order valence-electron chi connectivity index (χ1n) is 11.4. The van der Waals surface area contributed by atoms with E-state index in [1.807, 2.05) is 0 Å². The molecule has 4 rings (SSSR count). The van der Waals surface area contributed by atoms with Gasteiger partial charge in [-0.3, -0.25) is 4.90 Å². The first-order chi connectivity index (χ1) is 12.9. The second-order valence-corrected chi connectivity index (χ2v) is 10.1. The van der Waals surface area contributed by atoms with Crippen molar-refractivity contribution in [1.29, 1.82) is 0 Å². The second-order valence-electron chi connectivity index (χ2n) is 10.1. The number of likely N-dealkylation sites (tertiary alicyclic amines) is 1. The summed E-state index contributed by atoms with van der Waals surface area (Å²) in [6.07, 6.45) is 10.9. The van der Waals surface area contributed by atoms with Gasteiger partial charge in [-0.15, -0.1) is 5.43 Å². The summed E-state index contributed by atoms with van der Waals surface area (Å²) in [6, 6.07) is 0.548. The Hall–Kier alpha value is -0.240. The molecule has 0 radical (unpaired) electrons. The molecular weight excluding hydrogens is 338 g/mol. The molecule has 27 heavy (non-hydrogen) atoms. The molecule has 4 fully saturated rings. The largest absolute Gasteiger partial charge is 0.322 e. The zero-order valence-corrected chi connectivity index (χ0v) is 17.8. The molecule has 0 bridgehead atoms. The van der Waals surface area contributed by atoms with Crippen LogP contribution in [0.15, 0.2) is 0 Å². The van der Waals surface area contributed by atoms with Crippen LogP contribution in [-0.2, 0) is 4.74 Å². The van der Waals surface area contributed by atoms with E-state index in [0.29, 0.717) is 17.9 Å². The van der Waals surface area contributed by atoms with Gasteiger partial charge in [0.25, 0.3) is 0 Å².